The summed E-state index contributed by atoms with van der Waals surface area (Å²) in [5.41, 5.74) is 4.86. The van der Waals surface area contributed by atoms with Crippen LogP contribution in [0.3, 0.4) is 0 Å². The number of aliphatic carboxylic acids is 1. The summed E-state index contributed by atoms with van der Waals surface area (Å²) in [6.45, 7) is 0. The lowest BCUT2D eigenvalue weighted by Crippen LogP contribution is -2.43. The number of benzene rings is 1. The fourth-order valence-electron chi connectivity index (χ4n) is 1.32. The lowest BCUT2D eigenvalue weighted by molar-refractivity contribution is -0.140. The number of carboxylic acids is 1. The predicted octanol–water partition coefficient (Wildman–Crippen LogP) is 0.600. The third-order valence-electron chi connectivity index (χ3n) is 2.21. The zero-order valence-electron chi connectivity index (χ0n) is 9.84. The first kappa shape index (κ1) is 16.7. The second-order valence-electron chi connectivity index (χ2n) is 3.73. The summed E-state index contributed by atoms with van der Waals surface area (Å²) in [4.78, 5) is 21.2. The van der Waals surface area contributed by atoms with Gasteiger partial charge in [0.2, 0.25) is 15.9 Å². The maximum Gasteiger partial charge on any atom is 0.322 e. The number of sulfonamides is 1. The van der Waals surface area contributed by atoms with Gasteiger partial charge in [-0.3, -0.25) is 9.59 Å². The SMILES string of the molecule is NC(=O)C[C@H](NS(=O)(=O)c1cccc(Cl)c1Cl)C(=O)O. The Balaban J connectivity index is 3.13. The largest absolute Gasteiger partial charge is 0.480 e. The number of halogens is 2. The Morgan fingerprint density at radius 3 is 2.45 bits per heavy atom. The van der Waals surface area contributed by atoms with Crippen LogP contribution in [0, 0.1) is 0 Å². The predicted molar refractivity (Wildman–Crippen MR) is 72.0 cm³/mol. The molecule has 20 heavy (non-hydrogen) atoms. The van der Waals surface area contributed by atoms with Gasteiger partial charge in [-0.05, 0) is 12.1 Å². The van der Waals surface area contributed by atoms with E-state index in [4.69, 9.17) is 34.0 Å². The molecule has 0 saturated heterocycles. The van der Waals surface area contributed by atoms with Gasteiger partial charge in [0.25, 0.3) is 0 Å². The molecule has 0 radical (unpaired) electrons. The fraction of sp³-hybridized carbons (Fsp3) is 0.200. The van der Waals surface area contributed by atoms with Gasteiger partial charge in [0.1, 0.15) is 10.9 Å². The molecule has 10 heteroatoms. The highest BCUT2D eigenvalue weighted by atomic mass is 35.5. The van der Waals surface area contributed by atoms with Crippen molar-refractivity contribution >= 4 is 45.1 Å². The third kappa shape index (κ3) is 4.07. The van der Waals surface area contributed by atoms with Gasteiger partial charge in [-0.2, -0.15) is 4.72 Å². The molecule has 0 bridgehead atoms. The van der Waals surface area contributed by atoms with Crippen LogP contribution in [0.5, 0.6) is 0 Å². The summed E-state index contributed by atoms with van der Waals surface area (Å²) in [7, 11) is -4.26. The van der Waals surface area contributed by atoms with Crippen LogP contribution in [0.4, 0.5) is 0 Å². The van der Waals surface area contributed by atoms with Crippen molar-refractivity contribution in [3.8, 4) is 0 Å². The first-order valence-electron chi connectivity index (χ1n) is 5.12. The van der Waals surface area contributed by atoms with Gasteiger partial charge in [0.05, 0.1) is 16.5 Å². The Labute approximate surface area is 124 Å². The van der Waals surface area contributed by atoms with Crippen molar-refractivity contribution in [2.24, 2.45) is 5.73 Å². The molecule has 0 heterocycles. The van der Waals surface area contributed by atoms with E-state index in [0.717, 1.165) is 6.07 Å². The summed E-state index contributed by atoms with van der Waals surface area (Å²) >= 11 is 11.4. The van der Waals surface area contributed by atoms with Gasteiger partial charge in [-0.1, -0.05) is 29.3 Å². The number of hydrogen-bond donors (Lipinski definition) is 3. The van der Waals surface area contributed by atoms with Crippen molar-refractivity contribution in [2.45, 2.75) is 17.4 Å². The number of hydrogen-bond acceptors (Lipinski definition) is 4. The minimum atomic E-state index is -4.26. The second-order valence-corrected chi connectivity index (χ2v) is 6.20. The maximum atomic E-state index is 12.0. The smallest absolute Gasteiger partial charge is 0.322 e. The summed E-state index contributed by atoms with van der Waals surface area (Å²) in [6.07, 6.45) is -0.688. The number of primary amides is 1. The van der Waals surface area contributed by atoms with Crippen LogP contribution in [0.25, 0.3) is 0 Å². The molecule has 0 aliphatic heterocycles. The topological polar surface area (TPSA) is 127 Å². The molecule has 1 amide bonds. The molecule has 1 rings (SSSR count). The molecule has 0 saturated carbocycles. The zero-order valence-corrected chi connectivity index (χ0v) is 12.2. The first-order valence-corrected chi connectivity index (χ1v) is 7.36. The van der Waals surface area contributed by atoms with Crippen LogP contribution in [-0.4, -0.2) is 31.4 Å². The van der Waals surface area contributed by atoms with E-state index in [1.165, 1.54) is 12.1 Å². The number of carbonyl (C=O) groups excluding carboxylic acids is 1. The summed E-state index contributed by atoms with van der Waals surface area (Å²) in [5, 5.41) is 8.61. The van der Waals surface area contributed by atoms with Crippen LogP contribution in [0.15, 0.2) is 23.1 Å². The minimum absolute atomic E-state index is 0.00341. The Morgan fingerprint density at radius 2 is 1.95 bits per heavy atom. The molecular weight excluding hydrogens is 331 g/mol. The number of amides is 1. The van der Waals surface area contributed by atoms with Crippen molar-refractivity contribution in [2.75, 3.05) is 0 Å². The Hall–Kier alpha value is -1.35. The van der Waals surface area contributed by atoms with Crippen LogP contribution in [0.2, 0.25) is 10.0 Å². The van der Waals surface area contributed by atoms with Crippen molar-refractivity contribution in [1.82, 2.24) is 4.72 Å². The van der Waals surface area contributed by atoms with Crippen molar-refractivity contribution in [3.63, 3.8) is 0 Å². The monoisotopic (exact) mass is 340 g/mol. The van der Waals surface area contributed by atoms with Gasteiger partial charge < -0.3 is 10.8 Å². The highest BCUT2D eigenvalue weighted by Crippen LogP contribution is 2.28. The van der Waals surface area contributed by atoms with Gasteiger partial charge in [0, 0.05) is 0 Å². The van der Waals surface area contributed by atoms with E-state index in [1.54, 1.807) is 0 Å². The summed E-state index contributed by atoms with van der Waals surface area (Å²) in [5.74, 6) is -2.50. The lowest BCUT2D eigenvalue weighted by Gasteiger charge is -2.14. The number of carboxylic acid groups (broad SMARTS) is 1. The van der Waals surface area contributed by atoms with E-state index in [-0.39, 0.29) is 14.9 Å². The molecule has 1 aromatic rings. The molecule has 0 unspecified atom stereocenters. The number of nitrogens with two attached hydrogens (primary N) is 1. The average molecular weight is 341 g/mol. The second kappa shape index (κ2) is 6.40. The highest BCUT2D eigenvalue weighted by Gasteiger charge is 2.28. The Kier molecular flexibility index (Phi) is 5.35. The van der Waals surface area contributed by atoms with Crippen molar-refractivity contribution in [3.05, 3.63) is 28.2 Å². The molecule has 0 spiro atoms. The summed E-state index contributed by atoms with van der Waals surface area (Å²) < 4.78 is 25.9. The molecule has 0 aliphatic carbocycles. The van der Waals surface area contributed by atoms with E-state index < -0.39 is 34.4 Å². The molecule has 0 fully saturated rings. The van der Waals surface area contributed by atoms with Crippen LogP contribution >= 0.6 is 23.2 Å². The molecule has 4 N–H and O–H groups in total. The first-order chi connectivity index (χ1) is 9.15. The zero-order chi connectivity index (χ0) is 15.5. The van der Waals surface area contributed by atoms with Crippen molar-refractivity contribution in [1.29, 1.82) is 0 Å². The average Bonchev–Trinajstić information content (AvgIpc) is 2.30. The van der Waals surface area contributed by atoms with Crippen molar-refractivity contribution < 1.29 is 23.1 Å². The molecule has 1 aromatic carbocycles. The minimum Gasteiger partial charge on any atom is -0.480 e. The maximum absolute atomic E-state index is 12.0. The van der Waals surface area contributed by atoms with E-state index in [2.05, 4.69) is 0 Å². The quantitative estimate of drug-likeness (QED) is 0.698. The third-order valence-corrected chi connectivity index (χ3v) is 4.65. The van der Waals surface area contributed by atoms with Gasteiger partial charge in [-0.25, -0.2) is 8.42 Å². The fourth-order valence-corrected chi connectivity index (χ4v) is 3.27. The lowest BCUT2D eigenvalue weighted by atomic mass is 10.2. The number of carbonyl (C=O) groups is 2. The van der Waals surface area contributed by atoms with Gasteiger partial charge in [-0.15, -0.1) is 0 Å². The highest BCUT2D eigenvalue weighted by molar-refractivity contribution is 7.89. The van der Waals surface area contributed by atoms with E-state index in [0.29, 0.717) is 0 Å². The molecule has 7 nitrogen and oxygen atoms in total. The number of nitrogens with one attached hydrogen (secondary N) is 1. The molecular formula is C10H10Cl2N2O5S. The van der Waals surface area contributed by atoms with Crippen LogP contribution < -0.4 is 10.5 Å². The van der Waals surface area contributed by atoms with E-state index in [1.807, 2.05) is 4.72 Å². The van der Waals surface area contributed by atoms with E-state index in [9.17, 15) is 18.0 Å². The Morgan fingerprint density at radius 1 is 1.35 bits per heavy atom. The normalized spacial score (nSPS) is 12.9. The van der Waals surface area contributed by atoms with Gasteiger partial charge in [0.15, 0.2) is 0 Å². The summed E-state index contributed by atoms with van der Waals surface area (Å²) in [6, 6.07) is 2.18. The molecule has 110 valence electrons. The van der Waals surface area contributed by atoms with Gasteiger partial charge >= 0.3 is 5.97 Å². The molecule has 1 atom stereocenters. The number of rotatable bonds is 6. The Bertz CT molecular complexity index is 647. The standard InChI is InChI=1S/C10H10Cl2N2O5S/c11-5-2-1-3-7(9(5)12)20(18,19)14-6(10(16)17)4-8(13)15/h1-3,6,14H,4H2,(H2,13,15)(H,16,17)/t6-/m0/s1. The molecule has 0 aliphatic rings. The van der Waals surface area contributed by atoms with Crippen LogP contribution in [0.1, 0.15) is 6.42 Å². The van der Waals surface area contributed by atoms with E-state index >= 15 is 0 Å². The van der Waals surface area contributed by atoms with Crippen LogP contribution in [-0.2, 0) is 19.6 Å². The molecule has 0 aromatic heterocycles.